The highest BCUT2D eigenvalue weighted by molar-refractivity contribution is 6.31. The fourth-order valence-corrected chi connectivity index (χ4v) is 2.68. The summed E-state index contributed by atoms with van der Waals surface area (Å²) in [7, 11) is 1.78. The zero-order chi connectivity index (χ0) is 16.4. The van der Waals surface area contributed by atoms with Crippen molar-refractivity contribution in [1.82, 2.24) is 14.7 Å². The Labute approximate surface area is 137 Å². The average Bonchev–Trinajstić information content (AvgIpc) is 2.54. The lowest BCUT2D eigenvalue weighted by atomic mass is 10.2. The van der Waals surface area contributed by atoms with Gasteiger partial charge < -0.3 is 0 Å². The second-order valence-electron chi connectivity index (χ2n) is 5.39. The molecule has 1 heterocycles. The first kappa shape index (κ1) is 15.6. The monoisotopic (exact) mass is 331 g/mol. The molecule has 6 heteroatoms. The molecule has 2 aromatic carbocycles. The molecule has 0 bridgehead atoms. The largest absolute Gasteiger partial charge is 0.283 e. The topological polar surface area (TPSA) is 38.1 Å². The van der Waals surface area contributed by atoms with Crippen molar-refractivity contribution in [2.45, 2.75) is 13.2 Å². The predicted molar refractivity (Wildman–Crippen MR) is 88.9 cm³/mol. The highest BCUT2D eigenvalue weighted by Crippen LogP contribution is 2.20. The van der Waals surface area contributed by atoms with Crippen molar-refractivity contribution in [3.63, 3.8) is 0 Å². The molecule has 0 aliphatic carbocycles. The van der Waals surface area contributed by atoms with Crippen LogP contribution in [0.4, 0.5) is 4.39 Å². The maximum Gasteiger partial charge on any atom is 0.275 e. The number of hydrogen-bond donors (Lipinski definition) is 0. The molecule has 0 N–H and O–H groups in total. The molecule has 0 fully saturated rings. The maximum absolute atomic E-state index is 13.8. The van der Waals surface area contributed by atoms with Crippen LogP contribution in [0.1, 0.15) is 5.56 Å². The van der Waals surface area contributed by atoms with Crippen LogP contribution in [-0.2, 0) is 13.2 Å². The van der Waals surface area contributed by atoms with Crippen LogP contribution in [0, 0.1) is 5.82 Å². The van der Waals surface area contributed by atoms with Crippen LogP contribution in [0.3, 0.4) is 0 Å². The van der Waals surface area contributed by atoms with Gasteiger partial charge in [0.25, 0.3) is 5.56 Å². The fourth-order valence-electron chi connectivity index (χ4n) is 2.46. The third-order valence-corrected chi connectivity index (χ3v) is 3.98. The van der Waals surface area contributed by atoms with Gasteiger partial charge in [0.1, 0.15) is 5.82 Å². The van der Waals surface area contributed by atoms with Crippen molar-refractivity contribution in [1.29, 1.82) is 0 Å². The fraction of sp³-hybridized carbons (Fsp3) is 0.176. The number of rotatable bonds is 4. The van der Waals surface area contributed by atoms with E-state index in [-0.39, 0.29) is 24.6 Å². The van der Waals surface area contributed by atoms with E-state index in [0.717, 1.165) is 5.39 Å². The van der Waals surface area contributed by atoms with Crippen molar-refractivity contribution in [2.75, 3.05) is 7.05 Å². The number of halogens is 2. The Morgan fingerprint density at radius 2 is 2.00 bits per heavy atom. The number of aromatic nitrogens is 2. The normalized spacial score (nSPS) is 11.3. The summed E-state index contributed by atoms with van der Waals surface area (Å²) in [5, 5.41) is 5.95. The van der Waals surface area contributed by atoms with Crippen LogP contribution in [0.2, 0.25) is 5.02 Å². The Balaban J connectivity index is 1.85. The molecule has 0 atom stereocenters. The van der Waals surface area contributed by atoms with Crippen molar-refractivity contribution in [3.05, 3.63) is 75.4 Å². The molecular formula is C17H15ClFN3O. The maximum atomic E-state index is 13.8. The molecule has 3 rings (SSSR count). The molecule has 23 heavy (non-hydrogen) atoms. The van der Waals surface area contributed by atoms with E-state index in [0.29, 0.717) is 16.0 Å². The van der Waals surface area contributed by atoms with Crippen LogP contribution >= 0.6 is 11.6 Å². The quantitative estimate of drug-likeness (QED) is 0.736. The van der Waals surface area contributed by atoms with E-state index >= 15 is 0 Å². The van der Waals surface area contributed by atoms with Gasteiger partial charge >= 0.3 is 0 Å². The first-order valence-electron chi connectivity index (χ1n) is 7.12. The Hall–Kier alpha value is -2.24. The first-order chi connectivity index (χ1) is 11.1. The highest BCUT2D eigenvalue weighted by Gasteiger charge is 2.11. The molecule has 4 nitrogen and oxygen atoms in total. The summed E-state index contributed by atoms with van der Waals surface area (Å²) in [4.78, 5) is 14.2. The van der Waals surface area contributed by atoms with E-state index in [1.807, 2.05) is 18.2 Å². The summed E-state index contributed by atoms with van der Waals surface area (Å²) >= 11 is 6.04. The zero-order valence-electron chi connectivity index (χ0n) is 12.5. The van der Waals surface area contributed by atoms with Crippen LogP contribution < -0.4 is 5.56 Å². The van der Waals surface area contributed by atoms with E-state index in [2.05, 4.69) is 5.10 Å². The molecular weight excluding hydrogens is 317 g/mol. The van der Waals surface area contributed by atoms with E-state index in [1.54, 1.807) is 36.3 Å². The SMILES string of the molecule is CN(Cc1c(F)cccc1Cl)Cn1ncc2ccccc2c1=O. The van der Waals surface area contributed by atoms with Crippen molar-refractivity contribution in [2.24, 2.45) is 0 Å². The summed E-state index contributed by atoms with van der Waals surface area (Å²) in [6.07, 6.45) is 1.65. The van der Waals surface area contributed by atoms with Crippen LogP contribution in [-0.4, -0.2) is 21.7 Å². The number of hydrogen-bond acceptors (Lipinski definition) is 3. The van der Waals surface area contributed by atoms with E-state index in [9.17, 15) is 9.18 Å². The standard InChI is InChI=1S/C17H15ClFN3O/c1-21(10-14-15(18)7-4-8-16(14)19)11-22-17(23)13-6-3-2-5-12(13)9-20-22/h2-9H,10-11H2,1H3. The minimum Gasteiger partial charge on any atom is -0.283 e. The lowest BCUT2D eigenvalue weighted by molar-refractivity contribution is 0.238. The summed E-state index contributed by atoms with van der Waals surface area (Å²) in [5.74, 6) is -0.358. The Morgan fingerprint density at radius 3 is 2.78 bits per heavy atom. The summed E-state index contributed by atoms with van der Waals surface area (Å²) in [5.41, 5.74) is 0.236. The van der Waals surface area contributed by atoms with Crippen molar-refractivity contribution < 1.29 is 4.39 Å². The van der Waals surface area contributed by atoms with Crippen molar-refractivity contribution in [3.8, 4) is 0 Å². The van der Waals surface area contributed by atoms with Crippen LogP contribution in [0.25, 0.3) is 10.8 Å². The van der Waals surface area contributed by atoms with Gasteiger partial charge in [-0.3, -0.25) is 9.69 Å². The summed E-state index contributed by atoms with van der Waals surface area (Å²) in [6, 6.07) is 11.9. The smallest absolute Gasteiger partial charge is 0.275 e. The minimum atomic E-state index is -0.358. The summed E-state index contributed by atoms with van der Waals surface area (Å²) < 4.78 is 15.2. The highest BCUT2D eigenvalue weighted by atomic mass is 35.5. The number of benzene rings is 2. The lowest BCUT2D eigenvalue weighted by Crippen LogP contribution is -2.31. The predicted octanol–water partition coefficient (Wildman–Crippen LogP) is 3.28. The minimum absolute atomic E-state index is 0.172. The number of fused-ring (bicyclic) bond motifs is 1. The van der Waals surface area contributed by atoms with Crippen molar-refractivity contribution >= 4 is 22.4 Å². The van der Waals surface area contributed by atoms with Gasteiger partial charge in [-0.15, -0.1) is 0 Å². The van der Waals surface area contributed by atoms with Gasteiger partial charge in [0.15, 0.2) is 0 Å². The Kier molecular flexibility index (Phi) is 4.41. The van der Waals surface area contributed by atoms with E-state index in [4.69, 9.17) is 11.6 Å². The molecule has 118 valence electrons. The van der Waals surface area contributed by atoms with Crippen LogP contribution in [0.15, 0.2) is 53.5 Å². The number of nitrogens with zero attached hydrogens (tertiary/aromatic N) is 3. The molecule has 0 unspecified atom stereocenters. The molecule has 0 saturated heterocycles. The lowest BCUT2D eigenvalue weighted by Gasteiger charge is -2.18. The van der Waals surface area contributed by atoms with Gasteiger partial charge in [-0.25, -0.2) is 9.07 Å². The van der Waals surface area contributed by atoms with Gasteiger partial charge in [-0.1, -0.05) is 35.9 Å². The van der Waals surface area contributed by atoms with Gasteiger partial charge in [-0.05, 0) is 25.2 Å². The molecule has 3 aromatic rings. The molecule has 0 aliphatic rings. The molecule has 0 spiro atoms. The van der Waals surface area contributed by atoms with Crippen LogP contribution in [0.5, 0.6) is 0 Å². The summed E-state index contributed by atoms with van der Waals surface area (Å²) in [6.45, 7) is 0.529. The average molecular weight is 332 g/mol. The molecule has 0 saturated carbocycles. The molecule has 1 aromatic heterocycles. The first-order valence-corrected chi connectivity index (χ1v) is 7.50. The van der Waals surface area contributed by atoms with Gasteiger partial charge in [0.2, 0.25) is 0 Å². The third kappa shape index (κ3) is 3.25. The second kappa shape index (κ2) is 6.48. The molecule has 0 aliphatic heterocycles. The second-order valence-corrected chi connectivity index (χ2v) is 5.80. The van der Waals surface area contributed by atoms with Gasteiger partial charge in [-0.2, -0.15) is 5.10 Å². The van der Waals surface area contributed by atoms with E-state index < -0.39 is 0 Å². The van der Waals surface area contributed by atoms with Gasteiger partial charge in [0, 0.05) is 22.5 Å². The van der Waals surface area contributed by atoms with Gasteiger partial charge in [0.05, 0.1) is 18.3 Å². The molecule has 0 radical (unpaired) electrons. The third-order valence-electron chi connectivity index (χ3n) is 3.63. The zero-order valence-corrected chi connectivity index (χ0v) is 13.3. The van der Waals surface area contributed by atoms with E-state index in [1.165, 1.54) is 10.7 Å². The molecule has 0 amide bonds. The Morgan fingerprint density at radius 1 is 1.22 bits per heavy atom. The Bertz CT molecular complexity index is 889.